The number of anilines is 1. The molecule has 1 aliphatic rings. The summed E-state index contributed by atoms with van der Waals surface area (Å²) in [4.78, 5) is 12.6. The second-order valence-corrected chi connectivity index (χ2v) is 5.00. The third kappa shape index (κ3) is 2.81. The number of carboxylic acid groups (broad SMARTS) is 1. The lowest BCUT2D eigenvalue weighted by Gasteiger charge is -2.23. The fraction of sp³-hybridized carbons (Fsp3) is 0.500. The molecular formula is C14H18FNO2. The van der Waals surface area contributed by atoms with Crippen LogP contribution in [0.3, 0.4) is 0 Å². The zero-order valence-electron chi connectivity index (χ0n) is 10.5. The van der Waals surface area contributed by atoms with Crippen LogP contribution in [0.1, 0.15) is 36.0 Å². The number of halogens is 1. The highest BCUT2D eigenvalue weighted by atomic mass is 19.1. The maximum absolute atomic E-state index is 13.8. The molecule has 0 saturated heterocycles. The van der Waals surface area contributed by atoms with Crippen molar-refractivity contribution in [3.8, 4) is 0 Å². The van der Waals surface area contributed by atoms with Crippen molar-refractivity contribution in [1.82, 2.24) is 0 Å². The summed E-state index contributed by atoms with van der Waals surface area (Å²) in [7, 11) is 1.86. The average molecular weight is 251 g/mol. The van der Waals surface area contributed by atoms with Gasteiger partial charge in [0.2, 0.25) is 0 Å². The summed E-state index contributed by atoms with van der Waals surface area (Å²) in [6.07, 6.45) is 4.94. The molecule has 0 unspecified atom stereocenters. The van der Waals surface area contributed by atoms with Crippen LogP contribution in [-0.2, 0) is 0 Å². The number of hydrogen-bond donors (Lipinski definition) is 1. The predicted octanol–water partition coefficient (Wildman–Crippen LogP) is 3.15. The quantitative estimate of drug-likeness (QED) is 0.893. The van der Waals surface area contributed by atoms with Gasteiger partial charge in [0.1, 0.15) is 5.82 Å². The van der Waals surface area contributed by atoms with Crippen molar-refractivity contribution < 1.29 is 14.3 Å². The van der Waals surface area contributed by atoms with Crippen LogP contribution in [0, 0.1) is 11.7 Å². The molecule has 1 N–H and O–H groups in total. The fourth-order valence-corrected chi connectivity index (χ4v) is 2.63. The summed E-state index contributed by atoms with van der Waals surface area (Å²) in [5, 5.41) is 8.79. The van der Waals surface area contributed by atoms with Crippen molar-refractivity contribution in [3.63, 3.8) is 0 Å². The molecular weight excluding hydrogens is 233 g/mol. The molecule has 3 nitrogen and oxygen atoms in total. The topological polar surface area (TPSA) is 40.5 Å². The van der Waals surface area contributed by atoms with Gasteiger partial charge in [0.05, 0.1) is 11.3 Å². The van der Waals surface area contributed by atoms with Gasteiger partial charge in [-0.25, -0.2) is 9.18 Å². The number of hydrogen-bond acceptors (Lipinski definition) is 2. The third-order valence-corrected chi connectivity index (χ3v) is 3.61. The molecule has 1 aromatic carbocycles. The van der Waals surface area contributed by atoms with E-state index < -0.39 is 11.8 Å². The molecule has 0 aromatic heterocycles. The molecule has 0 aliphatic heterocycles. The minimum atomic E-state index is -1.10. The monoisotopic (exact) mass is 251 g/mol. The standard InChI is InChI=1S/C14H18FNO2/c1-16(9-10-4-2-3-5-10)13-7-6-11(14(17)18)8-12(13)15/h6-8,10H,2-5,9H2,1H3,(H,17,18). The van der Waals surface area contributed by atoms with Crippen molar-refractivity contribution in [2.45, 2.75) is 25.7 Å². The van der Waals surface area contributed by atoms with E-state index in [0.717, 1.165) is 12.6 Å². The van der Waals surface area contributed by atoms with Gasteiger partial charge < -0.3 is 10.0 Å². The molecule has 0 spiro atoms. The van der Waals surface area contributed by atoms with Gasteiger partial charge in [-0.05, 0) is 37.0 Å². The number of carboxylic acids is 1. The third-order valence-electron chi connectivity index (χ3n) is 3.61. The Balaban J connectivity index is 2.09. The van der Waals surface area contributed by atoms with Crippen molar-refractivity contribution in [3.05, 3.63) is 29.6 Å². The Morgan fingerprint density at radius 2 is 2.11 bits per heavy atom. The molecule has 1 aromatic rings. The van der Waals surface area contributed by atoms with E-state index in [4.69, 9.17) is 5.11 Å². The lowest BCUT2D eigenvalue weighted by Crippen LogP contribution is -2.25. The van der Waals surface area contributed by atoms with E-state index in [0.29, 0.717) is 11.6 Å². The molecule has 2 rings (SSSR count). The van der Waals surface area contributed by atoms with Crippen LogP contribution in [0.4, 0.5) is 10.1 Å². The molecule has 1 fully saturated rings. The van der Waals surface area contributed by atoms with Crippen LogP contribution in [0.15, 0.2) is 18.2 Å². The fourth-order valence-electron chi connectivity index (χ4n) is 2.63. The number of nitrogens with zero attached hydrogens (tertiary/aromatic N) is 1. The molecule has 0 radical (unpaired) electrons. The zero-order chi connectivity index (χ0) is 13.1. The summed E-state index contributed by atoms with van der Waals surface area (Å²) in [6.45, 7) is 0.837. The second-order valence-electron chi connectivity index (χ2n) is 5.00. The summed E-state index contributed by atoms with van der Waals surface area (Å²) in [5.41, 5.74) is 0.470. The molecule has 0 atom stereocenters. The lowest BCUT2D eigenvalue weighted by molar-refractivity contribution is 0.0696. The Labute approximate surface area is 106 Å². The average Bonchev–Trinajstić information content (AvgIpc) is 2.81. The van der Waals surface area contributed by atoms with Crippen LogP contribution < -0.4 is 4.90 Å². The highest BCUT2D eigenvalue weighted by Crippen LogP contribution is 2.28. The highest BCUT2D eigenvalue weighted by Gasteiger charge is 2.19. The van der Waals surface area contributed by atoms with Gasteiger partial charge in [-0.2, -0.15) is 0 Å². The molecule has 0 amide bonds. The molecule has 18 heavy (non-hydrogen) atoms. The Morgan fingerprint density at radius 1 is 1.44 bits per heavy atom. The van der Waals surface area contributed by atoms with Crippen molar-refractivity contribution in [2.75, 3.05) is 18.5 Å². The smallest absolute Gasteiger partial charge is 0.335 e. The van der Waals surface area contributed by atoms with Crippen LogP contribution in [0.25, 0.3) is 0 Å². The van der Waals surface area contributed by atoms with Crippen LogP contribution in [0.2, 0.25) is 0 Å². The lowest BCUT2D eigenvalue weighted by atomic mass is 10.1. The maximum atomic E-state index is 13.8. The van der Waals surface area contributed by atoms with Crippen LogP contribution in [-0.4, -0.2) is 24.7 Å². The van der Waals surface area contributed by atoms with Gasteiger partial charge in [0.15, 0.2) is 0 Å². The van der Waals surface area contributed by atoms with Gasteiger partial charge in [-0.1, -0.05) is 12.8 Å². The van der Waals surface area contributed by atoms with E-state index in [2.05, 4.69) is 0 Å². The number of aromatic carboxylic acids is 1. The van der Waals surface area contributed by atoms with Crippen LogP contribution >= 0.6 is 0 Å². The predicted molar refractivity (Wildman–Crippen MR) is 68.6 cm³/mol. The first kappa shape index (κ1) is 12.9. The molecule has 1 saturated carbocycles. The molecule has 0 bridgehead atoms. The number of carbonyl (C=O) groups is 1. The first-order valence-electron chi connectivity index (χ1n) is 6.32. The van der Waals surface area contributed by atoms with E-state index in [1.165, 1.54) is 31.7 Å². The van der Waals surface area contributed by atoms with Crippen molar-refractivity contribution in [2.24, 2.45) is 5.92 Å². The van der Waals surface area contributed by atoms with Gasteiger partial charge in [-0.3, -0.25) is 0 Å². The SMILES string of the molecule is CN(CC1CCCC1)c1ccc(C(=O)O)cc1F. The van der Waals surface area contributed by atoms with Crippen LogP contribution in [0.5, 0.6) is 0 Å². The number of benzene rings is 1. The summed E-state index contributed by atoms with van der Waals surface area (Å²) in [5.74, 6) is -0.928. The van der Waals surface area contributed by atoms with E-state index in [-0.39, 0.29) is 5.56 Å². The zero-order valence-corrected chi connectivity index (χ0v) is 10.5. The maximum Gasteiger partial charge on any atom is 0.335 e. The first-order chi connectivity index (χ1) is 8.58. The Hall–Kier alpha value is -1.58. The summed E-state index contributed by atoms with van der Waals surface area (Å²) < 4.78 is 13.8. The van der Waals surface area contributed by atoms with Crippen molar-refractivity contribution in [1.29, 1.82) is 0 Å². The molecule has 4 heteroatoms. The van der Waals surface area contributed by atoms with E-state index in [1.54, 1.807) is 6.07 Å². The largest absolute Gasteiger partial charge is 0.478 e. The van der Waals surface area contributed by atoms with Gasteiger partial charge in [0.25, 0.3) is 0 Å². The van der Waals surface area contributed by atoms with E-state index in [9.17, 15) is 9.18 Å². The second kappa shape index (κ2) is 5.38. The normalized spacial score (nSPS) is 15.9. The Kier molecular flexibility index (Phi) is 3.84. The Bertz CT molecular complexity index is 441. The molecule has 0 heterocycles. The minimum Gasteiger partial charge on any atom is -0.478 e. The Morgan fingerprint density at radius 3 is 2.67 bits per heavy atom. The summed E-state index contributed by atoms with van der Waals surface area (Å²) >= 11 is 0. The highest BCUT2D eigenvalue weighted by molar-refractivity contribution is 5.88. The molecule has 1 aliphatic carbocycles. The van der Waals surface area contributed by atoms with Gasteiger partial charge in [-0.15, -0.1) is 0 Å². The number of rotatable bonds is 4. The first-order valence-corrected chi connectivity index (χ1v) is 6.32. The van der Waals surface area contributed by atoms with E-state index in [1.807, 2.05) is 11.9 Å². The van der Waals surface area contributed by atoms with Crippen molar-refractivity contribution >= 4 is 11.7 Å². The minimum absolute atomic E-state index is 0.00878. The summed E-state index contributed by atoms with van der Waals surface area (Å²) in [6, 6.07) is 4.09. The van der Waals surface area contributed by atoms with Gasteiger partial charge >= 0.3 is 5.97 Å². The molecule has 98 valence electrons. The van der Waals surface area contributed by atoms with Gasteiger partial charge in [0, 0.05) is 13.6 Å². The van der Waals surface area contributed by atoms with E-state index >= 15 is 0 Å².